The van der Waals surface area contributed by atoms with Crippen LogP contribution in [0.2, 0.25) is 0 Å². The van der Waals surface area contributed by atoms with Gasteiger partial charge in [-0.25, -0.2) is 8.42 Å². The molecule has 0 saturated heterocycles. The summed E-state index contributed by atoms with van der Waals surface area (Å²) in [6.45, 7) is 1.02. The predicted octanol–water partition coefficient (Wildman–Crippen LogP) is -0.585. The van der Waals surface area contributed by atoms with Crippen LogP contribution >= 0.6 is 0 Å². The summed E-state index contributed by atoms with van der Waals surface area (Å²) in [4.78, 5) is 9.85. The van der Waals surface area contributed by atoms with Gasteiger partial charge in [-0.2, -0.15) is 0 Å². The fourth-order valence-electron chi connectivity index (χ4n) is 0.189. The van der Waals surface area contributed by atoms with Crippen LogP contribution < -0.4 is 4.72 Å². The molecular weight excluding hydrogens is 338 g/mol. The first-order chi connectivity index (χ1) is 3.42. The van der Waals surface area contributed by atoms with Crippen LogP contribution in [0.5, 0.6) is 0 Å². The van der Waals surface area contributed by atoms with E-state index >= 15 is 0 Å². The molecule has 0 saturated carbocycles. The van der Waals surface area contributed by atoms with Crippen molar-refractivity contribution in [2.75, 3.05) is 0 Å². The molecule has 0 aliphatic rings. The maximum atomic E-state index is 9.85. The van der Waals surface area contributed by atoms with E-state index in [0.717, 1.165) is 6.92 Å². The molecule has 0 rings (SSSR count). The number of nitrogens with one attached hydrogen (secondary N) is 2. The van der Waals surface area contributed by atoms with Crippen LogP contribution in [0.25, 0.3) is 5.14 Å². The smallest absolute Gasteiger partial charge is 0.229 e. The van der Waals surface area contributed by atoms with Gasteiger partial charge in [0.1, 0.15) is 0 Å². The molecule has 0 atom stereocenters. The van der Waals surface area contributed by atoms with Gasteiger partial charge in [0, 0.05) is 45.9 Å². The van der Waals surface area contributed by atoms with Crippen molar-refractivity contribution in [1.29, 1.82) is 0 Å². The van der Waals surface area contributed by atoms with E-state index in [1.807, 2.05) is 0 Å². The van der Waals surface area contributed by atoms with Crippen LogP contribution in [0.3, 0.4) is 0 Å². The van der Waals surface area contributed by atoms with Crippen LogP contribution in [-0.2, 0) is 54.0 Å². The minimum absolute atomic E-state index is 0. The molecule has 0 aromatic carbocycles. The maximum absolute atomic E-state index is 9.85. The third kappa shape index (κ3) is 15.8. The predicted molar refractivity (Wildman–Crippen MR) is 27.1 cm³/mol. The standard InChI is InChI=1S/C2H6N2O3S.2Rh/c1-2(5)4-8(3,6)7;;/h1H3,(H3,3,4,5,6,7);;/p-1. The molecule has 2 N–H and O–H groups in total. The molecule has 0 aromatic heterocycles. The number of amides is 1. The van der Waals surface area contributed by atoms with Crippen molar-refractivity contribution in [2.24, 2.45) is 0 Å². The monoisotopic (exact) mass is 343 g/mol. The van der Waals surface area contributed by atoms with E-state index in [4.69, 9.17) is 5.14 Å². The van der Waals surface area contributed by atoms with Crippen molar-refractivity contribution < 1.29 is 52.2 Å². The summed E-state index contributed by atoms with van der Waals surface area (Å²) in [5, 5.41) is 6.10. The zero-order valence-corrected chi connectivity index (χ0v) is 8.89. The minimum atomic E-state index is -4.07. The van der Waals surface area contributed by atoms with Gasteiger partial charge in [-0.1, -0.05) is 0 Å². The molecule has 0 fully saturated rings. The fourth-order valence-corrected chi connectivity index (χ4v) is 0.568. The van der Waals surface area contributed by atoms with Gasteiger partial charge in [-0.05, 0) is 0 Å². The zero-order chi connectivity index (χ0) is 6.78. The SMILES string of the molecule is CC(=O)NS([NH-])(=O)=O.[Rh].[Rh]. The molecule has 8 heteroatoms. The third-order valence-electron chi connectivity index (χ3n) is 0.278. The summed E-state index contributed by atoms with van der Waals surface area (Å²) in [6.07, 6.45) is 0. The number of carbonyl (C=O) groups is 1. The van der Waals surface area contributed by atoms with Crippen LogP contribution in [0, 0.1) is 0 Å². The van der Waals surface area contributed by atoms with Gasteiger partial charge in [0.2, 0.25) is 5.91 Å². The summed E-state index contributed by atoms with van der Waals surface area (Å²) >= 11 is 0. The van der Waals surface area contributed by atoms with Crippen LogP contribution in [0.15, 0.2) is 0 Å². The summed E-state index contributed by atoms with van der Waals surface area (Å²) < 4.78 is 20.9. The maximum Gasteiger partial charge on any atom is 0.229 e. The molecular formula is C2H5N2O3Rh2S-. The Morgan fingerprint density at radius 1 is 1.40 bits per heavy atom. The van der Waals surface area contributed by atoms with Crippen LogP contribution in [0.1, 0.15) is 6.92 Å². The van der Waals surface area contributed by atoms with E-state index < -0.39 is 16.1 Å². The number of carbonyl (C=O) groups excluding carboxylic acids is 1. The second-order valence-electron chi connectivity index (χ2n) is 1.16. The molecule has 0 spiro atoms. The summed E-state index contributed by atoms with van der Waals surface area (Å²) in [7, 11) is -4.07. The van der Waals surface area contributed by atoms with E-state index in [0.29, 0.717) is 0 Å². The van der Waals surface area contributed by atoms with E-state index in [9.17, 15) is 13.2 Å². The molecule has 0 unspecified atom stereocenters. The topological polar surface area (TPSA) is 87.0 Å². The molecule has 0 aromatic rings. The molecule has 5 nitrogen and oxygen atoms in total. The van der Waals surface area contributed by atoms with Crippen molar-refractivity contribution >= 4 is 16.1 Å². The van der Waals surface area contributed by atoms with Crippen molar-refractivity contribution in [3.05, 3.63) is 5.14 Å². The van der Waals surface area contributed by atoms with Crippen molar-refractivity contribution in [3.63, 3.8) is 0 Å². The van der Waals surface area contributed by atoms with Gasteiger partial charge in [0.25, 0.3) is 0 Å². The Morgan fingerprint density at radius 2 is 1.70 bits per heavy atom. The van der Waals surface area contributed by atoms with Gasteiger partial charge >= 0.3 is 0 Å². The first-order valence-electron chi connectivity index (χ1n) is 1.70. The van der Waals surface area contributed by atoms with E-state index in [1.54, 1.807) is 0 Å². The first kappa shape index (κ1) is 16.9. The van der Waals surface area contributed by atoms with Crippen LogP contribution in [0.4, 0.5) is 0 Å². The average Bonchev–Trinajstić information content (AvgIpc) is 1.21. The van der Waals surface area contributed by atoms with Crippen molar-refractivity contribution in [1.82, 2.24) is 4.72 Å². The third-order valence-corrected chi connectivity index (χ3v) is 0.834. The summed E-state index contributed by atoms with van der Waals surface area (Å²) in [6, 6.07) is 0. The largest absolute Gasteiger partial charge is 0.546 e. The van der Waals surface area contributed by atoms with E-state index in [-0.39, 0.29) is 39.0 Å². The zero-order valence-electron chi connectivity index (χ0n) is 4.80. The summed E-state index contributed by atoms with van der Waals surface area (Å²) in [5.41, 5.74) is 0. The average molecular weight is 343 g/mol. The first-order valence-corrected chi connectivity index (χ1v) is 3.18. The molecule has 1 amide bonds. The molecule has 0 bridgehead atoms. The quantitative estimate of drug-likeness (QED) is 0.646. The molecule has 66 valence electrons. The van der Waals surface area contributed by atoms with Gasteiger partial charge in [-0.3, -0.25) is 9.52 Å². The molecule has 0 aliphatic heterocycles. The van der Waals surface area contributed by atoms with E-state index in [1.165, 1.54) is 4.72 Å². The molecule has 2 radical (unpaired) electrons. The Bertz CT molecular complexity index is 189. The van der Waals surface area contributed by atoms with Gasteiger partial charge in [0.05, 0.1) is 0 Å². The Labute approximate surface area is 84.8 Å². The number of hydrogen-bond acceptors (Lipinski definition) is 3. The van der Waals surface area contributed by atoms with Gasteiger partial charge in [0.15, 0.2) is 10.2 Å². The molecule has 0 aliphatic carbocycles. The molecule has 10 heavy (non-hydrogen) atoms. The Kier molecular flexibility index (Phi) is 10.7. The second-order valence-corrected chi connectivity index (χ2v) is 2.37. The summed E-state index contributed by atoms with van der Waals surface area (Å²) in [5.74, 6) is -0.750. The minimum Gasteiger partial charge on any atom is -0.546 e. The van der Waals surface area contributed by atoms with Crippen molar-refractivity contribution in [2.45, 2.75) is 6.92 Å². The molecule has 0 heterocycles. The Morgan fingerprint density at radius 3 is 1.70 bits per heavy atom. The van der Waals surface area contributed by atoms with Crippen molar-refractivity contribution in [3.8, 4) is 0 Å². The van der Waals surface area contributed by atoms with E-state index in [2.05, 4.69) is 0 Å². The van der Waals surface area contributed by atoms with Crippen LogP contribution in [-0.4, -0.2) is 14.3 Å². The fraction of sp³-hybridized carbons (Fsp3) is 0.500. The Balaban J connectivity index is -0.000000245. The Hall–Kier alpha value is 0.627. The van der Waals surface area contributed by atoms with Gasteiger partial charge in [-0.15, -0.1) is 0 Å². The number of rotatable bonds is 1. The van der Waals surface area contributed by atoms with Gasteiger partial charge < -0.3 is 5.14 Å². The normalized spacial score (nSPS) is 8.60. The number of hydrogen-bond donors (Lipinski definition) is 1. The second kappa shape index (κ2) is 6.34.